The van der Waals surface area contributed by atoms with E-state index in [1.54, 1.807) is 0 Å². The molecular weight excluding hydrogens is 120 g/mol. The predicted octanol–water partition coefficient (Wildman–Crippen LogP) is 2.76. The van der Waals surface area contributed by atoms with Gasteiger partial charge in [0.25, 0.3) is 0 Å². The molecule has 0 heterocycles. The second kappa shape index (κ2) is 3.46. The maximum atomic E-state index is 3.19. The van der Waals surface area contributed by atoms with Crippen LogP contribution in [-0.4, -0.2) is 0 Å². The van der Waals surface area contributed by atoms with Gasteiger partial charge in [-0.3, -0.25) is 0 Å². The van der Waals surface area contributed by atoms with Crippen molar-refractivity contribution in [3.05, 3.63) is 11.6 Å². The van der Waals surface area contributed by atoms with Gasteiger partial charge in [0.15, 0.2) is 0 Å². The van der Waals surface area contributed by atoms with Crippen LogP contribution in [0.25, 0.3) is 0 Å². The van der Waals surface area contributed by atoms with E-state index in [9.17, 15) is 0 Å². The molecule has 10 heavy (non-hydrogen) atoms. The highest BCUT2D eigenvalue weighted by Crippen LogP contribution is 2.23. The normalized spacial score (nSPS) is 23.4. The number of hydrogen-bond donors (Lipinski definition) is 0. The van der Waals surface area contributed by atoms with Gasteiger partial charge in [0.2, 0.25) is 0 Å². The van der Waals surface area contributed by atoms with Gasteiger partial charge in [-0.15, -0.1) is 0 Å². The lowest BCUT2D eigenvalue weighted by atomic mass is 10.1. The van der Waals surface area contributed by atoms with E-state index in [0.717, 1.165) is 12.3 Å². The summed E-state index contributed by atoms with van der Waals surface area (Å²) in [5.74, 6) is 7.02. The molecule has 0 aliphatic heterocycles. The summed E-state index contributed by atoms with van der Waals surface area (Å²) in [5, 5.41) is 0. The Morgan fingerprint density at radius 1 is 1.70 bits per heavy atom. The average Bonchev–Trinajstić information content (AvgIpc) is 2.31. The zero-order valence-corrected chi connectivity index (χ0v) is 6.78. The molecule has 1 aliphatic carbocycles. The first-order valence-corrected chi connectivity index (χ1v) is 4.03. The predicted molar refractivity (Wildman–Crippen MR) is 44.5 cm³/mol. The summed E-state index contributed by atoms with van der Waals surface area (Å²) in [6.07, 6.45) is 5.78. The number of allylic oxidation sites excluding steroid dienone is 2. The molecule has 0 saturated heterocycles. The first-order chi connectivity index (χ1) is 4.84. The number of rotatable bonds is 0. The molecule has 0 spiro atoms. The maximum Gasteiger partial charge on any atom is 0.00639 e. The fourth-order valence-electron chi connectivity index (χ4n) is 1.21. The van der Waals surface area contributed by atoms with E-state index >= 15 is 0 Å². The molecule has 1 atom stereocenters. The smallest absolute Gasteiger partial charge is 0.00639 e. The van der Waals surface area contributed by atoms with Crippen LogP contribution in [0.2, 0.25) is 0 Å². The van der Waals surface area contributed by atoms with Crippen molar-refractivity contribution >= 4 is 0 Å². The van der Waals surface area contributed by atoms with Gasteiger partial charge in [-0.2, -0.15) is 0 Å². The van der Waals surface area contributed by atoms with E-state index in [4.69, 9.17) is 0 Å². The molecule has 1 rings (SSSR count). The summed E-state index contributed by atoms with van der Waals surface area (Å²) < 4.78 is 0. The van der Waals surface area contributed by atoms with E-state index < -0.39 is 0 Å². The summed E-state index contributed by atoms with van der Waals surface area (Å²) in [5.41, 5.74) is 1.36. The molecule has 0 aromatic carbocycles. The Balaban J connectivity index is 2.55. The molecule has 0 fully saturated rings. The van der Waals surface area contributed by atoms with Crippen molar-refractivity contribution in [1.29, 1.82) is 0 Å². The van der Waals surface area contributed by atoms with Gasteiger partial charge in [-0.05, 0) is 18.8 Å². The van der Waals surface area contributed by atoms with E-state index in [0.29, 0.717) is 0 Å². The minimum absolute atomic E-state index is 0.721. The van der Waals surface area contributed by atoms with E-state index in [2.05, 4.69) is 31.8 Å². The number of hydrogen-bond acceptors (Lipinski definition) is 0. The summed E-state index contributed by atoms with van der Waals surface area (Å²) in [6.45, 7) is 4.34. The van der Waals surface area contributed by atoms with Crippen molar-refractivity contribution in [1.82, 2.24) is 0 Å². The van der Waals surface area contributed by atoms with Crippen LogP contribution in [0.5, 0.6) is 0 Å². The molecule has 0 N–H and O–H groups in total. The Morgan fingerprint density at radius 3 is 3.00 bits per heavy atom. The fourth-order valence-corrected chi connectivity index (χ4v) is 1.21. The molecule has 1 unspecified atom stereocenters. The van der Waals surface area contributed by atoms with Crippen LogP contribution in [0, 0.1) is 17.8 Å². The molecule has 0 aromatic rings. The Bertz CT molecular complexity index is 188. The minimum atomic E-state index is 0.721. The van der Waals surface area contributed by atoms with Gasteiger partial charge in [0.1, 0.15) is 0 Å². The van der Waals surface area contributed by atoms with Crippen molar-refractivity contribution in [2.24, 2.45) is 5.92 Å². The highest BCUT2D eigenvalue weighted by Gasteiger charge is 2.10. The van der Waals surface area contributed by atoms with Gasteiger partial charge in [0, 0.05) is 12.0 Å². The zero-order valence-electron chi connectivity index (χ0n) is 6.78. The zero-order chi connectivity index (χ0) is 7.40. The van der Waals surface area contributed by atoms with Crippen LogP contribution in [0.4, 0.5) is 0 Å². The van der Waals surface area contributed by atoms with Crippen LogP contribution < -0.4 is 0 Å². The van der Waals surface area contributed by atoms with Gasteiger partial charge in [0.05, 0.1) is 0 Å². The van der Waals surface area contributed by atoms with Crippen LogP contribution in [0.3, 0.4) is 0 Å². The average molecular weight is 134 g/mol. The van der Waals surface area contributed by atoms with Crippen molar-refractivity contribution in [3.8, 4) is 11.8 Å². The maximum absolute atomic E-state index is 3.19. The second-order valence-corrected chi connectivity index (χ2v) is 2.79. The molecular formula is C10H14. The summed E-state index contributed by atoms with van der Waals surface area (Å²) in [4.78, 5) is 0. The third-order valence-corrected chi connectivity index (χ3v) is 1.90. The lowest BCUT2D eigenvalue weighted by Gasteiger charge is -1.98. The third kappa shape index (κ3) is 1.64. The van der Waals surface area contributed by atoms with E-state index in [1.165, 1.54) is 18.4 Å². The molecule has 0 radical (unpaired) electrons. The topological polar surface area (TPSA) is 0 Å². The Hall–Kier alpha value is -0.700. The minimum Gasteiger partial charge on any atom is -0.0985 e. The molecule has 0 nitrogen and oxygen atoms in total. The summed E-state index contributed by atoms with van der Waals surface area (Å²) in [6, 6.07) is 0. The lowest BCUT2D eigenvalue weighted by Crippen LogP contribution is -1.88. The van der Waals surface area contributed by atoms with Crippen LogP contribution in [-0.2, 0) is 0 Å². The lowest BCUT2D eigenvalue weighted by molar-refractivity contribution is 0.685. The second-order valence-electron chi connectivity index (χ2n) is 2.79. The molecule has 0 amide bonds. The van der Waals surface area contributed by atoms with E-state index in [-0.39, 0.29) is 0 Å². The molecule has 0 heteroatoms. The quantitative estimate of drug-likeness (QED) is 0.447. The standard InChI is InChI=1S/C10H14/c1-3-4-7-10-8-5-6-9(10)2/h8-9H,3,5-6H2,1-2H3. The first kappa shape index (κ1) is 7.41. The van der Waals surface area contributed by atoms with Crippen molar-refractivity contribution in [2.45, 2.75) is 33.1 Å². The van der Waals surface area contributed by atoms with Crippen LogP contribution >= 0.6 is 0 Å². The van der Waals surface area contributed by atoms with Gasteiger partial charge in [-0.1, -0.05) is 31.8 Å². The summed E-state index contributed by atoms with van der Waals surface area (Å²) >= 11 is 0. The Morgan fingerprint density at radius 2 is 2.50 bits per heavy atom. The molecule has 1 aliphatic rings. The van der Waals surface area contributed by atoms with Crippen molar-refractivity contribution in [2.75, 3.05) is 0 Å². The van der Waals surface area contributed by atoms with Crippen LogP contribution in [0.1, 0.15) is 33.1 Å². The van der Waals surface area contributed by atoms with Gasteiger partial charge >= 0.3 is 0 Å². The molecule has 54 valence electrons. The molecule has 0 saturated carbocycles. The first-order valence-electron chi connectivity index (χ1n) is 4.03. The fraction of sp³-hybridized carbons (Fsp3) is 0.600. The SMILES string of the molecule is CCC#CC1=CCCC1C. The highest BCUT2D eigenvalue weighted by molar-refractivity contribution is 5.32. The Kier molecular flexibility index (Phi) is 2.57. The third-order valence-electron chi connectivity index (χ3n) is 1.90. The monoisotopic (exact) mass is 134 g/mol. The summed E-state index contributed by atoms with van der Waals surface area (Å²) in [7, 11) is 0. The Labute approximate surface area is 63.3 Å². The van der Waals surface area contributed by atoms with Gasteiger partial charge in [-0.25, -0.2) is 0 Å². The molecule has 0 aromatic heterocycles. The van der Waals surface area contributed by atoms with Crippen LogP contribution in [0.15, 0.2) is 11.6 Å². The highest BCUT2D eigenvalue weighted by atomic mass is 14.1. The van der Waals surface area contributed by atoms with E-state index in [1.807, 2.05) is 0 Å². The molecule has 0 bridgehead atoms. The van der Waals surface area contributed by atoms with Gasteiger partial charge < -0.3 is 0 Å². The van der Waals surface area contributed by atoms with Crippen molar-refractivity contribution in [3.63, 3.8) is 0 Å². The largest absolute Gasteiger partial charge is 0.0985 e. The van der Waals surface area contributed by atoms with Crippen molar-refractivity contribution < 1.29 is 0 Å².